The third kappa shape index (κ3) is 1.63. The molecule has 72 valence electrons. The van der Waals surface area contributed by atoms with Crippen LogP contribution in [0.4, 0.5) is 0 Å². The van der Waals surface area contributed by atoms with Gasteiger partial charge in [-0.1, -0.05) is 18.0 Å². The SMILES string of the molecule is CNCC1(c2ccc(Cl)s2)CCC1. The average molecular weight is 216 g/mol. The number of hydrogen-bond acceptors (Lipinski definition) is 2. The van der Waals surface area contributed by atoms with E-state index in [0.29, 0.717) is 5.41 Å². The first-order valence-corrected chi connectivity index (χ1v) is 5.87. The van der Waals surface area contributed by atoms with Crippen molar-refractivity contribution in [1.82, 2.24) is 5.32 Å². The van der Waals surface area contributed by atoms with E-state index in [1.807, 2.05) is 13.1 Å². The van der Waals surface area contributed by atoms with Crippen LogP contribution in [0.25, 0.3) is 0 Å². The first kappa shape index (κ1) is 9.50. The van der Waals surface area contributed by atoms with Gasteiger partial charge in [0.25, 0.3) is 0 Å². The van der Waals surface area contributed by atoms with Crippen LogP contribution in [0.3, 0.4) is 0 Å². The number of halogens is 1. The number of rotatable bonds is 3. The van der Waals surface area contributed by atoms with Crippen molar-refractivity contribution >= 4 is 22.9 Å². The minimum Gasteiger partial charge on any atom is -0.319 e. The van der Waals surface area contributed by atoms with Gasteiger partial charge in [-0.25, -0.2) is 0 Å². The number of thiophene rings is 1. The van der Waals surface area contributed by atoms with Gasteiger partial charge in [-0.3, -0.25) is 0 Å². The second kappa shape index (κ2) is 3.60. The molecule has 2 rings (SSSR count). The van der Waals surface area contributed by atoms with Gasteiger partial charge in [-0.05, 0) is 32.0 Å². The molecule has 0 unspecified atom stereocenters. The van der Waals surface area contributed by atoms with Crippen LogP contribution >= 0.6 is 22.9 Å². The lowest BCUT2D eigenvalue weighted by Crippen LogP contribution is -2.42. The van der Waals surface area contributed by atoms with E-state index in [9.17, 15) is 0 Å². The van der Waals surface area contributed by atoms with Gasteiger partial charge in [0, 0.05) is 16.8 Å². The van der Waals surface area contributed by atoms with Gasteiger partial charge in [0.1, 0.15) is 0 Å². The van der Waals surface area contributed by atoms with Crippen LogP contribution in [0.1, 0.15) is 24.1 Å². The van der Waals surface area contributed by atoms with Gasteiger partial charge < -0.3 is 5.32 Å². The molecule has 3 heteroatoms. The maximum atomic E-state index is 5.95. The first-order valence-electron chi connectivity index (χ1n) is 4.67. The second-order valence-corrected chi connectivity index (χ2v) is 5.48. The van der Waals surface area contributed by atoms with Gasteiger partial charge in [0.15, 0.2) is 0 Å². The van der Waals surface area contributed by atoms with Crippen LogP contribution in [0.2, 0.25) is 4.34 Å². The van der Waals surface area contributed by atoms with E-state index in [1.165, 1.54) is 24.1 Å². The van der Waals surface area contributed by atoms with Crippen molar-refractivity contribution < 1.29 is 0 Å². The summed E-state index contributed by atoms with van der Waals surface area (Å²) in [6, 6.07) is 4.20. The van der Waals surface area contributed by atoms with Crippen molar-refractivity contribution in [1.29, 1.82) is 0 Å². The lowest BCUT2D eigenvalue weighted by molar-refractivity contribution is 0.244. The Labute approximate surface area is 88.1 Å². The summed E-state index contributed by atoms with van der Waals surface area (Å²) in [4.78, 5) is 1.46. The quantitative estimate of drug-likeness (QED) is 0.818. The highest BCUT2D eigenvalue weighted by Gasteiger charge is 2.38. The van der Waals surface area contributed by atoms with Gasteiger partial charge in [0.2, 0.25) is 0 Å². The predicted molar refractivity (Wildman–Crippen MR) is 58.8 cm³/mol. The molecule has 0 bridgehead atoms. The lowest BCUT2D eigenvalue weighted by atomic mass is 9.68. The third-order valence-electron chi connectivity index (χ3n) is 2.92. The topological polar surface area (TPSA) is 12.0 Å². The molecular formula is C10H14ClNS. The normalized spacial score (nSPS) is 19.8. The molecule has 1 aromatic heterocycles. The second-order valence-electron chi connectivity index (χ2n) is 3.77. The van der Waals surface area contributed by atoms with E-state index in [1.54, 1.807) is 11.3 Å². The summed E-state index contributed by atoms with van der Waals surface area (Å²) in [6.07, 6.45) is 3.98. The van der Waals surface area contributed by atoms with Crippen molar-refractivity contribution in [3.05, 3.63) is 21.3 Å². The molecule has 1 saturated carbocycles. The molecule has 1 aliphatic carbocycles. The highest BCUT2D eigenvalue weighted by atomic mass is 35.5. The zero-order valence-corrected chi connectivity index (χ0v) is 9.34. The van der Waals surface area contributed by atoms with E-state index in [-0.39, 0.29) is 0 Å². The molecule has 0 amide bonds. The Morgan fingerprint density at radius 2 is 2.31 bits per heavy atom. The zero-order valence-electron chi connectivity index (χ0n) is 7.77. The number of nitrogens with one attached hydrogen (secondary N) is 1. The van der Waals surface area contributed by atoms with Crippen LogP contribution in [0.5, 0.6) is 0 Å². The van der Waals surface area contributed by atoms with E-state index < -0.39 is 0 Å². The molecule has 1 aromatic rings. The van der Waals surface area contributed by atoms with Gasteiger partial charge in [0.05, 0.1) is 4.34 Å². The van der Waals surface area contributed by atoms with E-state index in [0.717, 1.165) is 10.9 Å². The third-order valence-corrected chi connectivity index (χ3v) is 4.40. The zero-order chi connectivity index (χ0) is 9.31. The van der Waals surface area contributed by atoms with Gasteiger partial charge in [-0.2, -0.15) is 0 Å². The molecular weight excluding hydrogens is 202 g/mol. The monoisotopic (exact) mass is 215 g/mol. The Bertz CT molecular complexity index is 291. The minimum absolute atomic E-state index is 0.409. The summed E-state index contributed by atoms with van der Waals surface area (Å²) in [5.74, 6) is 0. The highest BCUT2D eigenvalue weighted by molar-refractivity contribution is 7.16. The standard InChI is InChI=1S/C10H14ClNS/c1-12-7-10(5-2-6-10)8-3-4-9(11)13-8/h3-4,12H,2,5-7H2,1H3. The molecule has 1 fully saturated rings. The molecule has 1 aliphatic rings. The molecule has 13 heavy (non-hydrogen) atoms. The smallest absolute Gasteiger partial charge is 0.0931 e. The number of hydrogen-bond donors (Lipinski definition) is 1. The summed E-state index contributed by atoms with van der Waals surface area (Å²) in [7, 11) is 2.02. The van der Waals surface area contributed by atoms with Gasteiger partial charge >= 0.3 is 0 Å². The van der Waals surface area contributed by atoms with Crippen molar-refractivity contribution in [3.63, 3.8) is 0 Å². The molecule has 1 heterocycles. The summed E-state index contributed by atoms with van der Waals surface area (Å²) in [5.41, 5.74) is 0.409. The highest BCUT2D eigenvalue weighted by Crippen LogP contribution is 2.46. The largest absolute Gasteiger partial charge is 0.319 e. The van der Waals surface area contributed by atoms with Crippen LogP contribution in [-0.2, 0) is 5.41 Å². The van der Waals surface area contributed by atoms with E-state index in [2.05, 4.69) is 11.4 Å². The maximum absolute atomic E-state index is 5.95. The van der Waals surface area contributed by atoms with Gasteiger partial charge in [-0.15, -0.1) is 11.3 Å². The molecule has 1 N–H and O–H groups in total. The Kier molecular flexibility index (Phi) is 2.63. The Balaban J connectivity index is 2.21. The summed E-state index contributed by atoms with van der Waals surface area (Å²) < 4.78 is 0.914. The van der Waals surface area contributed by atoms with E-state index in [4.69, 9.17) is 11.6 Å². The maximum Gasteiger partial charge on any atom is 0.0931 e. The lowest BCUT2D eigenvalue weighted by Gasteiger charge is -2.41. The fourth-order valence-electron chi connectivity index (χ4n) is 2.05. The van der Waals surface area contributed by atoms with Crippen LogP contribution in [0.15, 0.2) is 12.1 Å². The molecule has 0 aromatic carbocycles. The molecule has 0 saturated heterocycles. The first-order chi connectivity index (χ1) is 6.27. The van der Waals surface area contributed by atoms with Crippen molar-refractivity contribution in [3.8, 4) is 0 Å². The Morgan fingerprint density at radius 1 is 1.54 bits per heavy atom. The molecule has 0 spiro atoms. The molecule has 0 atom stereocenters. The Morgan fingerprint density at radius 3 is 2.69 bits per heavy atom. The summed E-state index contributed by atoms with van der Waals surface area (Å²) in [6.45, 7) is 1.09. The number of likely N-dealkylation sites (N-methyl/N-ethyl adjacent to an activating group) is 1. The molecule has 0 aliphatic heterocycles. The molecule has 0 radical (unpaired) electrons. The summed E-state index contributed by atoms with van der Waals surface area (Å²) >= 11 is 7.68. The average Bonchev–Trinajstić information content (AvgIpc) is 2.44. The summed E-state index contributed by atoms with van der Waals surface area (Å²) in [5, 5.41) is 3.28. The van der Waals surface area contributed by atoms with Crippen molar-refractivity contribution in [2.24, 2.45) is 0 Å². The van der Waals surface area contributed by atoms with E-state index >= 15 is 0 Å². The van der Waals surface area contributed by atoms with Crippen LogP contribution in [-0.4, -0.2) is 13.6 Å². The predicted octanol–water partition coefficient (Wildman–Crippen LogP) is 3.04. The molecule has 1 nitrogen and oxygen atoms in total. The fraction of sp³-hybridized carbons (Fsp3) is 0.600. The fourth-order valence-corrected chi connectivity index (χ4v) is 3.34. The van der Waals surface area contributed by atoms with Crippen LogP contribution < -0.4 is 5.32 Å². The van der Waals surface area contributed by atoms with Crippen molar-refractivity contribution in [2.75, 3.05) is 13.6 Å². The minimum atomic E-state index is 0.409. The van der Waals surface area contributed by atoms with Crippen molar-refractivity contribution in [2.45, 2.75) is 24.7 Å². The van der Waals surface area contributed by atoms with Crippen LogP contribution in [0, 0.1) is 0 Å². The Hall–Kier alpha value is -0.0500.